The SMILES string of the molecule is C1CCC2CC(C3CC(C4CCCC5CC6CCCCC6C54)CC(C4CC(C5CCC6CCCCC6C5)CC5CC6CC7CCCCC7CC6C54)C3)CCC2C1. The Balaban J connectivity index is 0.867. The lowest BCUT2D eigenvalue weighted by atomic mass is 9.51. The third-order valence-electron chi connectivity index (χ3n) is 23.9. The van der Waals surface area contributed by atoms with Gasteiger partial charge in [0, 0.05) is 0 Å². The number of rotatable bonds is 4. The van der Waals surface area contributed by atoms with E-state index in [1.807, 2.05) is 0 Å². The van der Waals surface area contributed by atoms with E-state index in [0.29, 0.717) is 0 Å². The first kappa shape index (κ1) is 37.7. The fourth-order valence-electron chi connectivity index (χ4n) is 21.9. The summed E-state index contributed by atoms with van der Waals surface area (Å²) in [4.78, 5) is 0. The Kier molecular flexibility index (Phi) is 10.8. The van der Waals surface area contributed by atoms with E-state index in [9.17, 15) is 0 Å². The van der Waals surface area contributed by atoms with E-state index in [1.165, 1.54) is 0 Å². The molecule has 0 saturated heterocycles. The third kappa shape index (κ3) is 6.93. The molecule has 12 rings (SSSR count). The summed E-state index contributed by atoms with van der Waals surface area (Å²) in [6.07, 6.45) is 55.5. The van der Waals surface area contributed by atoms with E-state index in [1.54, 1.807) is 218 Å². The Morgan fingerprint density at radius 3 is 1.11 bits per heavy atom. The average Bonchev–Trinajstić information content (AvgIpc) is 3.82. The summed E-state index contributed by atoms with van der Waals surface area (Å²) in [7, 11) is 0. The lowest BCUT2D eigenvalue weighted by Crippen LogP contribution is -2.46. The molecule has 12 fully saturated rings. The van der Waals surface area contributed by atoms with Crippen LogP contribution in [0.4, 0.5) is 0 Å². The maximum absolute atomic E-state index is 1.72. The first-order chi connectivity index (χ1) is 27.7. The Hall–Kier alpha value is 0. The summed E-state index contributed by atoms with van der Waals surface area (Å²) >= 11 is 0. The minimum absolute atomic E-state index is 1.10. The number of fused-ring (bicyclic) bond motifs is 9. The molecule has 0 amide bonds. The van der Waals surface area contributed by atoms with Crippen molar-refractivity contribution < 1.29 is 0 Å². The average molecular weight is 763 g/mol. The minimum atomic E-state index is 1.10. The van der Waals surface area contributed by atoms with Crippen molar-refractivity contribution in [2.75, 3.05) is 0 Å². The molecule has 0 radical (unpaired) electrons. The van der Waals surface area contributed by atoms with Crippen molar-refractivity contribution in [2.24, 2.45) is 130 Å². The van der Waals surface area contributed by atoms with Crippen molar-refractivity contribution >= 4 is 0 Å². The minimum Gasteiger partial charge on any atom is -0.0530 e. The summed E-state index contributed by atoms with van der Waals surface area (Å²) in [5.74, 6) is 24.8. The summed E-state index contributed by atoms with van der Waals surface area (Å²) in [6, 6.07) is 0. The highest BCUT2D eigenvalue weighted by molar-refractivity contribution is 5.07. The van der Waals surface area contributed by atoms with Crippen LogP contribution >= 0.6 is 0 Å². The van der Waals surface area contributed by atoms with Crippen LogP contribution in [0.2, 0.25) is 0 Å². The van der Waals surface area contributed by atoms with Gasteiger partial charge in [-0.2, -0.15) is 0 Å². The van der Waals surface area contributed by atoms with Gasteiger partial charge in [-0.25, -0.2) is 0 Å². The first-order valence-corrected chi connectivity index (χ1v) is 27.7. The molecule has 314 valence electrons. The van der Waals surface area contributed by atoms with Crippen molar-refractivity contribution in [3.8, 4) is 0 Å². The lowest BCUT2D eigenvalue weighted by Gasteiger charge is -2.55. The van der Waals surface area contributed by atoms with Gasteiger partial charge in [0.2, 0.25) is 0 Å². The van der Waals surface area contributed by atoms with Gasteiger partial charge in [0.15, 0.2) is 0 Å². The smallest absolute Gasteiger partial charge is 0.0323 e. The Morgan fingerprint density at radius 1 is 0.143 bits per heavy atom. The van der Waals surface area contributed by atoms with Crippen molar-refractivity contribution in [2.45, 2.75) is 218 Å². The van der Waals surface area contributed by atoms with Crippen LogP contribution in [0.15, 0.2) is 0 Å². The third-order valence-corrected chi connectivity index (χ3v) is 23.9. The summed E-state index contributed by atoms with van der Waals surface area (Å²) in [5, 5.41) is 0. The van der Waals surface area contributed by atoms with E-state index in [-0.39, 0.29) is 0 Å². The first-order valence-electron chi connectivity index (χ1n) is 27.7. The second-order valence-electron chi connectivity index (χ2n) is 25.8. The molecule has 0 heteroatoms. The molecule has 12 aliphatic rings. The molecule has 0 aromatic carbocycles. The Labute approximate surface area is 347 Å². The molecule has 0 aliphatic heterocycles. The van der Waals surface area contributed by atoms with Gasteiger partial charge in [0.1, 0.15) is 0 Å². The van der Waals surface area contributed by atoms with Crippen LogP contribution in [0.3, 0.4) is 0 Å². The normalized spacial score (nSPS) is 57.0. The summed E-state index contributed by atoms with van der Waals surface area (Å²) in [6.45, 7) is 0. The standard InChI is InChI=1S/C56H90/c1-3-12-37-24-41(22-20-35(37)10-1)45-28-47(52-19-9-17-44-27-43-16-7-8-18-51(43)55(44)52)31-49(29-45)54-34-46(42-23-21-36-11-2-4-13-38(36)25-42)30-50-32-48-26-39-14-5-6-15-40(39)33-53(48)56(50)54/h35-56H,1-34H2. The van der Waals surface area contributed by atoms with Gasteiger partial charge in [-0.1, -0.05) is 109 Å². The second-order valence-corrected chi connectivity index (χ2v) is 25.8. The molecule has 12 saturated carbocycles. The van der Waals surface area contributed by atoms with Gasteiger partial charge >= 0.3 is 0 Å². The van der Waals surface area contributed by atoms with E-state index in [0.717, 1.165) is 130 Å². The lowest BCUT2D eigenvalue weighted by molar-refractivity contribution is -0.0511. The van der Waals surface area contributed by atoms with E-state index in [4.69, 9.17) is 0 Å². The van der Waals surface area contributed by atoms with Crippen molar-refractivity contribution in [1.82, 2.24) is 0 Å². The van der Waals surface area contributed by atoms with Crippen molar-refractivity contribution in [1.29, 1.82) is 0 Å². The largest absolute Gasteiger partial charge is 0.0530 e. The predicted octanol–water partition coefficient (Wildman–Crippen LogP) is 16.0. The molecule has 56 heavy (non-hydrogen) atoms. The van der Waals surface area contributed by atoms with Crippen LogP contribution in [-0.2, 0) is 0 Å². The van der Waals surface area contributed by atoms with E-state index < -0.39 is 0 Å². The van der Waals surface area contributed by atoms with Gasteiger partial charge in [-0.3, -0.25) is 0 Å². The number of hydrogen-bond acceptors (Lipinski definition) is 0. The molecule has 0 bridgehead atoms. The van der Waals surface area contributed by atoms with Gasteiger partial charge < -0.3 is 0 Å². The maximum Gasteiger partial charge on any atom is -0.0323 e. The molecular formula is C56H90. The van der Waals surface area contributed by atoms with Crippen molar-refractivity contribution in [3.63, 3.8) is 0 Å². The molecule has 12 aliphatic carbocycles. The van der Waals surface area contributed by atoms with Gasteiger partial charge in [0.25, 0.3) is 0 Å². The quantitative estimate of drug-likeness (QED) is 0.268. The topological polar surface area (TPSA) is 0 Å². The zero-order valence-corrected chi connectivity index (χ0v) is 36.7. The van der Waals surface area contributed by atoms with Crippen LogP contribution in [0.1, 0.15) is 218 Å². The van der Waals surface area contributed by atoms with E-state index >= 15 is 0 Å². The molecule has 0 N–H and O–H groups in total. The molecule has 0 aromatic rings. The highest BCUT2D eigenvalue weighted by atomic mass is 14.6. The fraction of sp³-hybridized carbons (Fsp3) is 1.00. The molecule has 0 aromatic heterocycles. The zero-order valence-electron chi connectivity index (χ0n) is 36.7. The maximum atomic E-state index is 1.72. The Bertz CT molecular complexity index is 1330. The fourth-order valence-corrected chi connectivity index (χ4v) is 21.9. The van der Waals surface area contributed by atoms with Crippen LogP contribution in [0.25, 0.3) is 0 Å². The molecule has 22 atom stereocenters. The van der Waals surface area contributed by atoms with Gasteiger partial charge in [0.05, 0.1) is 0 Å². The highest BCUT2D eigenvalue weighted by Crippen LogP contribution is 2.66. The van der Waals surface area contributed by atoms with Crippen LogP contribution in [0, 0.1) is 130 Å². The number of hydrogen-bond donors (Lipinski definition) is 0. The van der Waals surface area contributed by atoms with Gasteiger partial charge in [-0.15, -0.1) is 0 Å². The predicted molar refractivity (Wildman–Crippen MR) is 234 cm³/mol. The molecule has 0 nitrogen and oxygen atoms in total. The molecule has 0 heterocycles. The van der Waals surface area contributed by atoms with Crippen LogP contribution < -0.4 is 0 Å². The molecule has 0 spiro atoms. The highest BCUT2D eigenvalue weighted by Gasteiger charge is 2.58. The van der Waals surface area contributed by atoms with Gasteiger partial charge in [-0.05, 0) is 239 Å². The van der Waals surface area contributed by atoms with E-state index in [2.05, 4.69) is 0 Å². The zero-order chi connectivity index (χ0) is 36.7. The monoisotopic (exact) mass is 763 g/mol. The molecular weight excluding hydrogens is 673 g/mol. The van der Waals surface area contributed by atoms with Crippen LogP contribution in [0.5, 0.6) is 0 Å². The van der Waals surface area contributed by atoms with Crippen LogP contribution in [-0.4, -0.2) is 0 Å². The molecule has 22 unspecified atom stereocenters. The second kappa shape index (κ2) is 16.0. The Morgan fingerprint density at radius 2 is 0.446 bits per heavy atom. The summed E-state index contributed by atoms with van der Waals surface area (Å²) < 4.78 is 0. The van der Waals surface area contributed by atoms with Crippen molar-refractivity contribution in [3.05, 3.63) is 0 Å². The summed E-state index contributed by atoms with van der Waals surface area (Å²) in [5.41, 5.74) is 0.